The molecule has 1 aliphatic heterocycles. The Hall–Kier alpha value is -2.56. The van der Waals surface area contributed by atoms with Crippen molar-refractivity contribution >= 4 is 17.4 Å². The predicted octanol–water partition coefficient (Wildman–Crippen LogP) is 3.44. The highest BCUT2D eigenvalue weighted by atomic mass is 16.5. The molecule has 0 radical (unpaired) electrons. The molecule has 25 heavy (non-hydrogen) atoms. The van der Waals surface area contributed by atoms with E-state index in [9.17, 15) is 9.59 Å². The zero-order chi connectivity index (χ0) is 18.0. The van der Waals surface area contributed by atoms with Crippen LogP contribution in [0.4, 0.5) is 5.69 Å². The van der Waals surface area contributed by atoms with Gasteiger partial charge in [-0.05, 0) is 50.8 Å². The fourth-order valence-corrected chi connectivity index (χ4v) is 3.60. The van der Waals surface area contributed by atoms with Crippen LogP contribution < -0.4 is 4.90 Å². The van der Waals surface area contributed by atoms with Gasteiger partial charge in [0, 0.05) is 23.5 Å². The number of fused-ring (bicyclic) bond motifs is 1. The number of anilines is 1. The molecule has 2 heterocycles. The molecule has 1 aromatic carbocycles. The minimum Gasteiger partial charge on any atom is -0.461 e. The second-order valence-corrected chi connectivity index (χ2v) is 6.42. The Morgan fingerprint density at radius 1 is 1.24 bits per heavy atom. The van der Waals surface area contributed by atoms with Crippen LogP contribution in [-0.4, -0.2) is 36.4 Å². The van der Waals surface area contributed by atoms with Gasteiger partial charge < -0.3 is 14.6 Å². The number of nitrogens with one attached hydrogen (secondary N) is 1. The number of aryl methyl sites for hydroxylation is 2. The average molecular weight is 340 g/mol. The normalized spacial score (nSPS) is 13.5. The van der Waals surface area contributed by atoms with Crippen molar-refractivity contribution in [2.45, 2.75) is 33.6 Å². The smallest absolute Gasteiger partial charge is 0.355 e. The lowest BCUT2D eigenvalue weighted by Crippen LogP contribution is -2.34. The van der Waals surface area contributed by atoms with Crippen molar-refractivity contribution in [1.29, 1.82) is 0 Å². The summed E-state index contributed by atoms with van der Waals surface area (Å²) in [5.41, 5.74) is 4.80. The average Bonchev–Trinajstić information content (AvgIpc) is 2.90. The number of aromatic amines is 1. The molecule has 5 nitrogen and oxygen atoms in total. The summed E-state index contributed by atoms with van der Waals surface area (Å²) in [6.45, 7) is 6.89. The van der Waals surface area contributed by atoms with Crippen LogP contribution >= 0.6 is 0 Å². The van der Waals surface area contributed by atoms with Gasteiger partial charge in [-0.25, -0.2) is 4.79 Å². The number of ketones is 1. The summed E-state index contributed by atoms with van der Waals surface area (Å²) in [4.78, 5) is 30.1. The number of aromatic nitrogens is 1. The van der Waals surface area contributed by atoms with Crippen molar-refractivity contribution in [2.24, 2.45) is 0 Å². The van der Waals surface area contributed by atoms with Crippen LogP contribution in [0.3, 0.4) is 0 Å². The van der Waals surface area contributed by atoms with E-state index in [1.54, 1.807) is 13.8 Å². The van der Waals surface area contributed by atoms with Crippen LogP contribution in [0, 0.1) is 13.8 Å². The summed E-state index contributed by atoms with van der Waals surface area (Å²) < 4.78 is 5.06. The van der Waals surface area contributed by atoms with E-state index in [0.29, 0.717) is 30.0 Å². The number of Topliss-reactive ketones (excluding diaryl/α,β-unsaturated/α-hetero) is 1. The fraction of sp³-hybridized carbons (Fsp3) is 0.400. The number of rotatable bonds is 5. The first-order valence-corrected chi connectivity index (χ1v) is 8.75. The Labute approximate surface area is 148 Å². The highest BCUT2D eigenvalue weighted by Gasteiger charge is 2.25. The molecule has 0 bridgehead atoms. The van der Waals surface area contributed by atoms with Gasteiger partial charge in [0.25, 0.3) is 0 Å². The molecular weight excluding hydrogens is 316 g/mol. The summed E-state index contributed by atoms with van der Waals surface area (Å²) in [6, 6.07) is 8.24. The zero-order valence-corrected chi connectivity index (χ0v) is 15.0. The number of para-hydroxylation sites is 1. The number of esters is 1. The molecule has 1 aromatic heterocycles. The molecule has 0 saturated heterocycles. The Morgan fingerprint density at radius 2 is 2.00 bits per heavy atom. The van der Waals surface area contributed by atoms with Crippen LogP contribution in [0.15, 0.2) is 24.3 Å². The standard InChI is InChI=1S/C20H24N2O3/c1-4-25-20(24)19-13(2)18(14(3)21-19)17(23)12-22-11-7-9-15-8-5-6-10-16(15)22/h5-6,8,10,21H,4,7,9,11-12H2,1-3H3. The number of carbonyl (C=O) groups is 2. The van der Waals surface area contributed by atoms with Gasteiger partial charge in [0.1, 0.15) is 5.69 Å². The van der Waals surface area contributed by atoms with E-state index in [1.807, 2.05) is 19.1 Å². The molecule has 0 unspecified atom stereocenters. The summed E-state index contributed by atoms with van der Waals surface area (Å²) in [5.74, 6) is -0.385. The number of benzene rings is 1. The van der Waals surface area contributed by atoms with E-state index in [4.69, 9.17) is 4.74 Å². The first kappa shape index (κ1) is 17.3. The van der Waals surface area contributed by atoms with Crippen molar-refractivity contribution in [2.75, 3.05) is 24.6 Å². The number of hydrogen-bond donors (Lipinski definition) is 1. The third-order valence-corrected chi connectivity index (χ3v) is 4.74. The Balaban J connectivity index is 1.84. The summed E-state index contributed by atoms with van der Waals surface area (Å²) in [6.07, 6.45) is 2.10. The second-order valence-electron chi connectivity index (χ2n) is 6.42. The molecule has 2 aromatic rings. The van der Waals surface area contributed by atoms with Crippen molar-refractivity contribution in [3.8, 4) is 0 Å². The molecule has 0 spiro atoms. The Kier molecular flexibility index (Phi) is 4.93. The Morgan fingerprint density at radius 3 is 2.76 bits per heavy atom. The van der Waals surface area contributed by atoms with E-state index in [0.717, 1.165) is 30.8 Å². The molecule has 0 atom stereocenters. The first-order valence-electron chi connectivity index (χ1n) is 8.75. The largest absolute Gasteiger partial charge is 0.461 e. The zero-order valence-electron chi connectivity index (χ0n) is 15.0. The highest BCUT2D eigenvalue weighted by Crippen LogP contribution is 2.27. The van der Waals surface area contributed by atoms with Gasteiger partial charge >= 0.3 is 5.97 Å². The number of hydrogen-bond acceptors (Lipinski definition) is 4. The van der Waals surface area contributed by atoms with Crippen LogP contribution in [0.2, 0.25) is 0 Å². The van der Waals surface area contributed by atoms with Gasteiger partial charge in [-0.3, -0.25) is 4.79 Å². The first-order chi connectivity index (χ1) is 12.0. The maximum atomic E-state index is 12.9. The van der Waals surface area contributed by atoms with Gasteiger partial charge in [0.15, 0.2) is 5.78 Å². The molecule has 0 saturated carbocycles. The van der Waals surface area contributed by atoms with Crippen molar-refractivity contribution in [1.82, 2.24) is 4.98 Å². The molecule has 132 valence electrons. The summed E-state index contributed by atoms with van der Waals surface area (Å²) in [7, 11) is 0. The van der Waals surface area contributed by atoms with Gasteiger partial charge in [0.2, 0.25) is 0 Å². The molecule has 0 amide bonds. The van der Waals surface area contributed by atoms with E-state index in [-0.39, 0.29) is 5.78 Å². The third-order valence-electron chi connectivity index (χ3n) is 4.74. The van der Waals surface area contributed by atoms with Gasteiger partial charge in [-0.2, -0.15) is 0 Å². The maximum absolute atomic E-state index is 12.9. The lowest BCUT2D eigenvalue weighted by atomic mass is 10.00. The molecule has 1 aliphatic rings. The van der Waals surface area contributed by atoms with E-state index in [1.165, 1.54) is 5.56 Å². The van der Waals surface area contributed by atoms with Crippen molar-refractivity contribution < 1.29 is 14.3 Å². The predicted molar refractivity (Wildman–Crippen MR) is 97.5 cm³/mol. The molecule has 5 heteroatoms. The van der Waals surface area contributed by atoms with Crippen LogP contribution in [-0.2, 0) is 11.2 Å². The maximum Gasteiger partial charge on any atom is 0.355 e. The van der Waals surface area contributed by atoms with Crippen molar-refractivity contribution in [3.05, 3.63) is 52.3 Å². The van der Waals surface area contributed by atoms with Gasteiger partial charge in [-0.15, -0.1) is 0 Å². The highest BCUT2D eigenvalue weighted by molar-refractivity contribution is 6.04. The third kappa shape index (κ3) is 3.31. The Bertz CT molecular complexity index is 807. The minimum absolute atomic E-state index is 0.0264. The lowest BCUT2D eigenvalue weighted by molar-refractivity contribution is 0.0519. The van der Waals surface area contributed by atoms with Gasteiger partial charge in [-0.1, -0.05) is 18.2 Å². The minimum atomic E-state index is -0.412. The quantitative estimate of drug-likeness (QED) is 0.669. The topological polar surface area (TPSA) is 62.4 Å². The molecule has 1 N–H and O–H groups in total. The molecule has 0 aliphatic carbocycles. The monoisotopic (exact) mass is 340 g/mol. The fourth-order valence-electron chi connectivity index (χ4n) is 3.60. The SMILES string of the molecule is CCOC(=O)c1[nH]c(C)c(C(=O)CN2CCCc3ccccc32)c1C. The number of carbonyl (C=O) groups excluding carboxylic acids is 2. The van der Waals surface area contributed by atoms with E-state index >= 15 is 0 Å². The van der Waals surface area contributed by atoms with Crippen molar-refractivity contribution in [3.63, 3.8) is 0 Å². The molecule has 3 rings (SSSR count). The van der Waals surface area contributed by atoms with Crippen LogP contribution in [0.25, 0.3) is 0 Å². The summed E-state index contributed by atoms with van der Waals surface area (Å²) in [5, 5.41) is 0. The molecular formula is C20H24N2O3. The van der Waals surface area contributed by atoms with Gasteiger partial charge in [0.05, 0.1) is 13.2 Å². The van der Waals surface area contributed by atoms with Crippen LogP contribution in [0.5, 0.6) is 0 Å². The lowest BCUT2D eigenvalue weighted by Gasteiger charge is -2.30. The van der Waals surface area contributed by atoms with Crippen LogP contribution in [0.1, 0.15) is 51.0 Å². The molecule has 0 fully saturated rings. The number of nitrogens with zero attached hydrogens (tertiary/aromatic N) is 1. The summed E-state index contributed by atoms with van der Waals surface area (Å²) >= 11 is 0. The number of H-pyrrole nitrogens is 1. The van der Waals surface area contributed by atoms with E-state index in [2.05, 4.69) is 22.0 Å². The number of ether oxygens (including phenoxy) is 1. The second kappa shape index (κ2) is 7.13. The van der Waals surface area contributed by atoms with E-state index < -0.39 is 5.97 Å².